The second-order valence-electron chi connectivity index (χ2n) is 15.4. The number of aromatic amines is 1. The number of benzene rings is 1. The molecule has 59 heavy (non-hydrogen) atoms. The molecule has 3 aliphatic rings. The SMILES string of the molecule is CCCCCCCC(=O)OC[C@@H]1NC(=O)[C@@H]2Cc3c([nH]c4ccccc34)SC[C@H](NC(=O)[C@@H](CC)NC(=O)[C@H](C)NC1=O)C(=O)N1C[C@@H](O)C[C@H]1C(=O)N[C@@H](C)C(=O)N2. The molecule has 1 fully saturated rings. The summed E-state index contributed by atoms with van der Waals surface area (Å²) in [5, 5.41) is 27.7. The molecular formula is C40H56N8O10S. The van der Waals surface area contributed by atoms with E-state index in [1.54, 1.807) is 13.0 Å². The van der Waals surface area contributed by atoms with Gasteiger partial charge in [0.2, 0.25) is 41.4 Å². The third-order valence-electron chi connectivity index (χ3n) is 10.8. The summed E-state index contributed by atoms with van der Waals surface area (Å²) in [5.41, 5.74) is 1.26. The molecule has 0 unspecified atom stereocenters. The van der Waals surface area contributed by atoms with Crippen molar-refractivity contribution in [1.82, 2.24) is 41.8 Å². The second-order valence-corrected chi connectivity index (χ2v) is 16.4. The van der Waals surface area contributed by atoms with Crippen molar-refractivity contribution in [2.24, 2.45) is 0 Å². The zero-order valence-electron chi connectivity index (χ0n) is 33.9. The van der Waals surface area contributed by atoms with Crippen LogP contribution in [0.3, 0.4) is 0 Å². The molecule has 0 radical (unpaired) electrons. The summed E-state index contributed by atoms with van der Waals surface area (Å²) in [6.45, 7) is 5.71. The minimum Gasteiger partial charge on any atom is -0.463 e. The molecule has 19 heteroatoms. The highest BCUT2D eigenvalue weighted by atomic mass is 32.2. The largest absolute Gasteiger partial charge is 0.463 e. The molecule has 2 aromatic rings. The van der Waals surface area contributed by atoms with Crippen molar-refractivity contribution in [3.63, 3.8) is 0 Å². The van der Waals surface area contributed by atoms with E-state index in [0.29, 0.717) is 27.9 Å². The molecule has 1 aromatic carbocycles. The number of H-pyrrole nitrogens is 1. The van der Waals surface area contributed by atoms with E-state index in [1.807, 2.05) is 18.2 Å². The van der Waals surface area contributed by atoms with Gasteiger partial charge in [0.15, 0.2) is 0 Å². The molecule has 0 spiro atoms. The van der Waals surface area contributed by atoms with Crippen molar-refractivity contribution in [2.45, 2.75) is 139 Å². The molecule has 2 bridgehead atoms. The summed E-state index contributed by atoms with van der Waals surface area (Å²) < 4.78 is 5.47. The van der Waals surface area contributed by atoms with Crippen molar-refractivity contribution in [2.75, 3.05) is 18.9 Å². The number of unbranched alkanes of at least 4 members (excludes halogenated alkanes) is 4. The number of aliphatic hydroxyl groups is 1. The molecule has 322 valence electrons. The van der Waals surface area contributed by atoms with Crippen LogP contribution in [0.25, 0.3) is 10.9 Å². The topological polar surface area (TPSA) is 257 Å². The number of carbonyl (C=O) groups is 8. The minimum atomic E-state index is -1.51. The summed E-state index contributed by atoms with van der Waals surface area (Å²) in [4.78, 5) is 115. The number of carbonyl (C=O) groups excluding carboxylic acids is 8. The van der Waals surface area contributed by atoms with Gasteiger partial charge in [-0.2, -0.15) is 0 Å². The van der Waals surface area contributed by atoms with Gasteiger partial charge in [-0.3, -0.25) is 38.4 Å². The number of nitrogens with one attached hydrogen (secondary N) is 7. The summed E-state index contributed by atoms with van der Waals surface area (Å²) >= 11 is 1.16. The molecule has 5 rings (SSSR count). The Kier molecular flexibility index (Phi) is 15.8. The lowest BCUT2D eigenvalue weighted by molar-refractivity contribution is -0.147. The number of thioether (sulfide) groups is 1. The minimum absolute atomic E-state index is 0.0756. The average Bonchev–Trinajstić information content (AvgIpc) is 3.77. The number of para-hydroxylation sites is 1. The number of aromatic nitrogens is 1. The fourth-order valence-corrected chi connectivity index (χ4v) is 8.42. The second kappa shape index (κ2) is 20.7. The van der Waals surface area contributed by atoms with Crippen molar-refractivity contribution >= 4 is 70.0 Å². The standard InChI is InChI=1S/C40H56N8O10S/c1-5-7-8-9-10-15-32(50)58-19-29-37(55)41-21(3)33(51)43-26(6-2)35(53)46-30-20-59-39-25(24-13-11-12-14-27(24)47-39)17-28(36(54)45-29)44-34(52)22(4)42-38(56)31-16-23(49)18-48(31)40(30)57/h11-14,21-23,26,28-31,47,49H,5-10,15-20H2,1-4H3,(H,41,55)(H,42,56)(H,43,51)(H,44,52)(H,45,54)(H,46,53)/t21-,22-,23-,26+,28-,29-,30-,31-/m0/s1. The van der Waals surface area contributed by atoms with Gasteiger partial charge in [0, 0.05) is 42.5 Å². The fraction of sp³-hybridized carbons (Fsp3) is 0.600. The van der Waals surface area contributed by atoms with Gasteiger partial charge in [-0.25, -0.2) is 0 Å². The van der Waals surface area contributed by atoms with Crippen molar-refractivity contribution in [1.29, 1.82) is 0 Å². The van der Waals surface area contributed by atoms with Crippen LogP contribution in [-0.4, -0.2) is 130 Å². The van der Waals surface area contributed by atoms with E-state index in [9.17, 15) is 43.5 Å². The predicted octanol–water partition coefficient (Wildman–Crippen LogP) is 0.0538. The zero-order valence-corrected chi connectivity index (χ0v) is 34.7. The first-order valence-electron chi connectivity index (χ1n) is 20.4. The van der Waals surface area contributed by atoms with Gasteiger partial charge in [-0.05, 0) is 38.3 Å². The Balaban J connectivity index is 1.58. The Bertz CT molecular complexity index is 1910. The molecule has 3 aliphatic heterocycles. The summed E-state index contributed by atoms with van der Waals surface area (Å²) in [6, 6.07) is -1.75. The van der Waals surface area contributed by atoms with Gasteiger partial charge in [-0.15, -0.1) is 11.8 Å². The van der Waals surface area contributed by atoms with Crippen molar-refractivity contribution in [3.05, 3.63) is 29.8 Å². The number of fused-ring (bicyclic) bond motifs is 5. The average molecular weight is 841 g/mol. The Labute approximate surface area is 346 Å². The highest BCUT2D eigenvalue weighted by Gasteiger charge is 2.43. The number of hydrogen-bond donors (Lipinski definition) is 8. The first-order chi connectivity index (χ1) is 28.2. The van der Waals surface area contributed by atoms with Gasteiger partial charge >= 0.3 is 5.97 Å². The van der Waals surface area contributed by atoms with Gasteiger partial charge in [0.05, 0.1) is 11.1 Å². The number of aliphatic hydroxyl groups excluding tert-OH is 1. The number of esters is 1. The predicted molar refractivity (Wildman–Crippen MR) is 216 cm³/mol. The number of rotatable bonds is 9. The lowest BCUT2D eigenvalue weighted by atomic mass is 10.0. The highest BCUT2D eigenvalue weighted by Crippen LogP contribution is 2.32. The highest BCUT2D eigenvalue weighted by molar-refractivity contribution is 7.99. The molecule has 1 saturated heterocycles. The lowest BCUT2D eigenvalue weighted by Gasteiger charge is -2.30. The molecule has 8 N–H and O–H groups in total. The van der Waals surface area contributed by atoms with Crippen LogP contribution >= 0.6 is 11.8 Å². The first-order valence-corrected chi connectivity index (χ1v) is 21.4. The third-order valence-corrected chi connectivity index (χ3v) is 11.9. The maximum atomic E-state index is 14.4. The Morgan fingerprint density at radius 1 is 0.780 bits per heavy atom. The van der Waals surface area contributed by atoms with E-state index in [0.717, 1.165) is 37.4 Å². The van der Waals surface area contributed by atoms with E-state index >= 15 is 0 Å². The van der Waals surface area contributed by atoms with Crippen LogP contribution in [0, 0.1) is 0 Å². The van der Waals surface area contributed by atoms with Crippen molar-refractivity contribution in [3.8, 4) is 0 Å². The summed E-state index contributed by atoms with van der Waals surface area (Å²) in [5.74, 6) is -5.96. The van der Waals surface area contributed by atoms with Gasteiger partial charge < -0.3 is 51.6 Å². The molecule has 7 amide bonds. The number of nitrogens with zero attached hydrogens (tertiary/aromatic N) is 1. The monoisotopic (exact) mass is 840 g/mol. The molecule has 0 aliphatic carbocycles. The molecular weight excluding hydrogens is 785 g/mol. The quantitative estimate of drug-likeness (QED) is 0.124. The van der Waals surface area contributed by atoms with E-state index in [2.05, 4.69) is 43.8 Å². The van der Waals surface area contributed by atoms with E-state index in [-0.39, 0.29) is 38.0 Å². The summed E-state index contributed by atoms with van der Waals surface area (Å²) in [6.07, 6.45) is 3.27. The van der Waals surface area contributed by atoms with Gasteiger partial charge in [0.25, 0.3) is 0 Å². The van der Waals surface area contributed by atoms with E-state index < -0.39 is 102 Å². The van der Waals surface area contributed by atoms with Crippen LogP contribution in [0.2, 0.25) is 0 Å². The first kappa shape index (κ1) is 44.9. The van der Waals surface area contributed by atoms with E-state index in [4.69, 9.17) is 4.74 Å². The third kappa shape index (κ3) is 11.5. The Morgan fingerprint density at radius 2 is 1.42 bits per heavy atom. The van der Waals surface area contributed by atoms with Gasteiger partial charge in [-0.1, -0.05) is 57.7 Å². The lowest BCUT2D eigenvalue weighted by Crippen LogP contribution is -2.60. The Morgan fingerprint density at radius 3 is 2.15 bits per heavy atom. The number of ether oxygens (including phenoxy) is 1. The molecule has 0 saturated carbocycles. The smallest absolute Gasteiger partial charge is 0.305 e. The normalized spacial score (nSPS) is 27.7. The van der Waals surface area contributed by atoms with Crippen LogP contribution in [0.5, 0.6) is 0 Å². The summed E-state index contributed by atoms with van der Waals surface area (Å²) in [7, 11) is 0. The van der Waals surface area contributed by atoms with Crippen LogP contribution in [0.4, 0.5) is 0 Å². The Hall–Kier alpha value is -5.17. The van der Waals surface area contributed by atoms with Crippen molar-refractivity contribution < 1.29 is 48.2 Å². The van der Waals surface area contributed by atoms with Crippen LogP contribution in [0.15, 0.2) is 29.3 Å². The molecule has 4 heterocycles. The van der Waals surface area contributed by atoms with E-state index in [1.165, 1.54) is 18.7 Å². The van der Waals surface area contributed by atoms with Crippen LogP contribution in [-0.2, 0) is 49.5 Å². The fourth-order valence-electron chi connectivity index (χ4n) is 7.31. The number of hydrogen-bond acceptors (Lipinski definition) is 11. The molecule has 8 atom stereocenters. The maximum Gasteiger partial charge on any atom is 0.305 e. The van der Waals surface area contributed by atoms with Gasteiger partial charge in [0.1, 0.15) is 48.9 Å². The zero-order chi connectivity index (χ0) is 42.8. The maximum absolute atomic E-state index is 14.4. The molecule has 1 aromatic heterocycles. The van der Waals surface area contributed by atoms with Crippen LogP contribution < -0.4 is 31.9 Å². The number of amides is 7. The molecule has 18 nitrogen and oxygen atoms in total. The van der Waals surface area contributed by atoms with Crippen LogP contribution in [0.1, 0.15) is 84.6 Å².